The summed E-state index contributed by atoms with van der Waals surface area (Å²) in [5.74, 6) is -0.396. The maximum atomic E-state index is 12.1. The number of nitrogens with zero attached hydrogens (tertiary/aromatic N) is 1. The van der Waals surface area contributed by atoms with Crippen molar-refractivity contribution in [1.82, 2.24) is 4.90 Å². The minimum atomic E-state index is -0.915. The first-order valence-corrected chi connectivity index (χ1v) is 6.82. The van der Waals surface area contributed by atoms with Crippen LogP contribution < -0.4 is 0 Å². The fourth-order valence-electron chi connectivity index (χ4n) is 2.40. The van der Waals surface area contributed by atoms with Crippen LogP contribution in [-0.4, -0.2) is 35.0 Å². The second kappa shape index (κ2) is 6.03. The predicted octanol–water partition coefficient (Wildman–Crippen LogP) is 2.20. The Bertz CT molecular complexity index is 358. The van der Waals surface area contributed by atoms with Crippen molar-refractivity contribution in [2.24, 2.45) is 5.92 Å². The highest BCUT2D eigenvalue weighted by atomic mass is 16.4. The van der Waals surface area contributed by atoms with Crippen molar-refractivity contribution in [1.29, 1.82) is 0 Å². The molecule has 2 aliphatic rings. The summed E-state index contributed by atoms with van der Waals surface area (Å²) in [6.45, 7) is 0.473. The van der Waals surface area contributed by atoms with Crippen molar-refractivity contribution >= 4 is 11.9 Å². The maximum Gasteiger partial charge on any atom is 0.323 e. The largest absolute Gasteiger partial charge is 0.480 e. The van der Waals surface area contributed by atoms with Gasteiger partial charge in [-0.1, -0.05) is 11.6 Å². The molecule has 4 nitrogen and oxygen atoms in total. The molecule has 2 rings (SSSR count). The number of carbonyl (C=O) groups is 2. The van der Waals surface area contributed by atoms with E-state index in [4.69, 9.17) is 5.11 Å². The van der Waals surface area contributed by atoms with E-state index in [-0.39, 0.29) is 12.5 Å². The van der Waals surface area contributed by atoms with E-state index in [2.05, 4.69) is 6.08 Å². The van der Waals surface area contributed by atoms with Crippen LogP contribution in [0.4, 0.5) is 0 Å². The van der Waals surface area contributed by atoms with E-state index in [1.165, 1.54) is 16.9 Å². The lowest BCUT2D eigenvalue weighted by Crippen LogP contribution is -2.37. The average molecular weight is 251 g/mol. The minimum Gasteiger partial charge on any atom is -0.480 e. The van der Waals surface area contributed by atoms with Crippen molar-refractivity contribution in [3.8, 4) is 0 Å². The first-order valence-electron chi connectivity index (χ1n) is 6.82. The molecule has 0 unspecified atom stereocenters. The van der Waals surface area contributed by atoms with Gasteiger partial charge in [-0.3, -0.25) is 9.59 Å². The molecular weight excluding hydrogens is 230 g/mol. The van der Waals surface area contributed by atoms with Gasteiger partial charge in [-0.15, -0.1) is 0 Å². The van der Waals surface area contributed by atoms with Crippen molar-refractivity contribution < 1.29 is 14.7 Å². The minimum absolute atomic E-state index is 0.0162. The zero-order valence-electron chi connectivity index (χ0n) is 10.7. The standard InChI is InChI=1S/C14H21NO3/c16-13(8-11-4-2-1-3-5-11)15(10-14(17)18)9-12-6-7-12/h4,12H,1-3,5-10H2,(H,17,18). The Morgan fingerprint density at radius 1 is 1.33 bits per heavy atom. The molecule has 18 heavy (non-hydrogen) atoms. The molecule has 2 aliphatic carbocycles. The lowest BCUT2D eigenvalue weighted by molar-refractivity contribution is -0.144. The molecule has 4 heteroatoms. The van der Waals surface area contributed by atoms with Gasteiger partial charge in [0.25, 0.3) is 0 Å². The molecule has 100 valence electrons. The molecule has 0 aromatic carbocycles. The Labute approximate surface area is 108 Å². The third-order valence-corrected chi connectivity index (χ3v) is 3.62. The number of carbonyl (C=O) groups excluding carboxylic acids is 1. The summed E-state index contributed by atoms with van der Waals surface area (Å²) in [5.41, 5.74) is 1.19. The van der Waals surface area contributed by atoms with Crippen LogP contribution in [0.2, 0.25) is 0 Å². The molecular formula is C14H21NO3. The molecule has 1 saturated carbocycles. The lowest BCUT2D eigenvalue weighted by Gasteiger charge is -2.22. The van der Waals surface area contributed by atoms with Gasteiger partial charge < -0.3 is 10.0 Å². The number of amides is 1. The molecule has 1 fully saturated rings. The van der Waals surface area contributed by atoms with Gasteiger partial charge >= 0.3 is 5.97 Å². The van der Waals surface area contributed by atoms with Crippen LogP contribution in [0.25, 0.3) is 0 Å². The maximum absolute atomic E-state index is 12.1. The number of rotatable bonds is 6. The number of aliphatic carboxylic acids is 1. The van der Waals surface area contributed by atoms with Gasteiger partial charge in [0.1, 0.15) is 6.54 Å². The van der Waals surface area contributed by atoms with Crippen LogP contribution in [0, 0.1) is 5.92 Å². The molecule has 0 heterocycles. The number of carboxylic acid groups (broad SMARTS) is 1. The number of hydrogen-bond acceptors (Lipinski definition) is 2. The van der Waals surface area contributed by atoms with Crippen LogP contribution in [0.15, 0.2) is 11.6 Å². The highest BCUT2D eigenvalue weighted by molar-refractivity contribution is 5.83. The van der Waals surface area contributed by atoms with Crippen molar-refractivity contribution in [3.05, 3.63) is 11.6 Å². The van der Waals surface area contributed by atoms with E-state index in [0.717, 1.165) is 32.1 Å². The van der Waals surface area contributed by atoms with Gasteiger partial charge in [0.15, 0.2) is 0 Å². The molecule has 0 spiro atoms. The fraction of sp³-hybridized carbons (Fsp3) is 0.714. The zero-order chi connectivity index (χ0) is 13.0. The van der Waals surface area contributed by atoms with Crippen molar-refractivity contribution in [3.63, 3.8) is 0 Å². The Kier molecular flexibility index (Phi) is 4.39. The lowest BCUT2D eigenvalue weighted by atomic mass is 9.97. The second-order valence-corrected chi connectivity index (χ2v) is 5.40. The highest BCUT2D eigenvalue weighted by Crippen LogP contribution is 2.30. The normalized spacial score (nSPS) is 19.2. The number of carboxylic acids is 1. The summed E-state index contributed by atoms with van der Waals surface area (Å²) >= 11 is 0. The van der Waals surface area contributed by atoms with Crippen molar-refractivity contribution in [2.75, 3.05) is 13.1 Å². The van der Waals surface area contributed by atoms with E-state index < -0.39 is 5.97 Å². The quantitative estimate of drug-likeness (QED) is 0.736. The summed E-state index contributed by atoms with van der Waals surface area (Å²) in [6.07, 6.45) is 9.25. The van der Waals surface area contributed by atoms with Gasteiger partial charge in [-0.25, -0.2) is 0 Å². The Balaban J connectivity index is 1.88. The summed E-state index contributed by atoms with van der Waals surface area (Å²) < 4.78 is 0. The van der Waals surface area contributed by atoms with Gasteiger partial charge in [0.05, 0.1) is 0 Å². The second-order valence-electron chi connectivity index (χ2n) is 5.40. The highest BCUT2D eigenvalue weighted by Gasteiger charge is 2.28. The Hall–Kier alpha value is -1.32. The average Bonchev–Trinajstić information content (AvgIpc) is 3.13. The third kappa shape index (κ3) is 4.17. The molecule has 0 aromatic heterocycles. The summed E-state index contributed by atoms with van der Waals surface area (Å²) in [5, 5.41) is 8.86. The first-order chi connectivity index (χ1) is 8.65. The molecule has 1 amide bonds. The number of hydrogen-bond donors (Lipinski definition) is 1. The van der Waals surface area contributed by atoms with Gasteiger partial charge in [-0.05, 0) is 44.4 Å². The molecule has 0 atom stereocenters. The van der Waals surface area contributed by atoms with Gasteiger partial charge in [0.2, 0.25) is 5.91 Å². The van der Waals surface area contributed by atoms with Crippen LogP contribution in [0.3, 0.4) is 0 Å². The fourth-order valence-corrected chi connectivity index (χ4v) is 2.40. The topological polar surface area (TPSA) is 57.6 Å². The van der Waals surface area contributed by atoms with Crippen LogP contribution >= 0.6 is 0 Å². The van der Waals surface area contributed by atoms with Crippen LogP contribution in [0.1, 0.15) is 44.9 Å². The SMILES string of the molecule is O=C(O)CN(CC1CC1)C(=O)CC1=CCCCC1. The molecule has 0 saturated heterocycles. The summed E-state index contributed by atoms with van der Waals surface area (Å²) in [4.78, 5) is 24.5. The monoisotopic (exact) mass is 251 g/mol. The number of allylic oxidation sites excluding steroid dienone is 1. The van der Waals surface area contributed by atoms with Gasteiger partial charge in [0, 0.05) is 13.0 Å². The molecule has 0 aliphatic heterocycles. The van der Waals surface area contributed by atoms with E-state index in [0.29, 0.717) is 18.9 Å². The van der Waals surface area contributed by atoms with E-state index >= 15 is 0 Å². The molecule has 0 bridgehead atoms. The smallest absolute Gasteiger partial charge is 0.323 e. The van der Waals surface area contributed by atoms with Crippen LogP contribution in [-0.2, 0) is 9.59 Å². The van der Waals surface area contributed by atoms with E-state index in [9.17, 15) is 9.59 Å². The summed E-state index contributed by atoms with van der Waals surface area (Å²) in [6, 6.07) is 0. The Morgan fingerprint density at radius 2 is 2.11 bits per heavy atom. The van der Waals surface area contributed by atoms with Gasteiger partial charge in [-0.2, -0.15) is 0 Å². The molecule has 0 radical (unpaired) electrons. The van der Waals surface area contributed by atoms with Crippen molar-refractivity contribution in [2.45, 2.75) is 44.9 Å². The zero-order valence-corrected chi connectivity index (χ0v) is 10.7. The molecule has 0 aromatic rings. The van der Waals surface area contributed by atoms with Crippen LogP contribution in [0.5, 0.6) is 0 Å². The summed E-state index contributed by atoms with van der Waals surface area (Å²) in [7, 11) is 0. The van der Waals surface area contributed by atoms with E-state index in [1.807, 2.05) is 0 Å². The first kappa shape index (κ1) is 13.1. The molecule has 1 N–H and O–H groups in total. The van der Waals surface area contributed by atoms with E-state index in [1.54, 1.807) is 0 Å². The Morgan fingerprint density at radius 3 is 2.67 bits per heavy atom. The third-order valence-electron chi connectivity index (χ3n) is 3.62. The predicted molar refractivity (Wildman–Crippen MR) is 68.1 cm³/mol.